The van der Waals surface area contributed by atoms with E-state index in [9.17, 15) is 0 Å². The molecule has 0 N–H and O–H groups in total. The molecule has 0 saturated carbocycles. The van der Waals surface area contributed by atoms with Gasteiger partial charge in [0.15, 0.2) is 0 Å². The maximum Gasteiger partial charge on any atom is 0.0317 e. The molecule has 1 aromatic carbocycles. The Morgan fingerprint density at radius 3 is 1.80 bits per heavy atom. The Labute approximate surface area is 64.4 Å². The van der Waals surface area contributed by atoms with Gasteiger partial charge in [0, 0.05) is 7.05 Å². The summed E-state index contributed by atoms with van der Waals surface area (Å²) in [6.45, 7) is 2.08. The number of hydrogen-bond acceptors (Lipinski definition) is 1. The van der Waals surface area contributed by atoms with Gasteiger partial charge in [-0.3, -0.25) is 4.74 Å². The van der Waals surface area contributed by atoms with Crippen LogP contribution < -0.4 is 0 Å². The number of nitrogens with zero attached hydrogens (tertiary/aromatic N) is 1. The second kappa shape index (κ2) is 6.44. The monoisotopic (exact) mass is 153 g/mol. The molecule has 0 radical (unpaired) electrons. The summed E-state index contributed by atoms with van der Waals surface area (Å²) < 4.78 is 3.31. The molecule has 0 aliphatic rings. The molecular weight excluding hydrogens is 141 g/mol. The number of rotatable bonds is 0. The van der Waals surface area contributed by atoms with Gasteiger partial charge in [-0.1, -0.05) is 35.9 Å². The first-order chi connectivity index (χ1) is 4.81. The SMILES string of the molecule is CN=P.Cc1ccccc1. The van der Waals surface area contributed by atoms with Crippen LogP contribution in [0.5, 0.6) is 0 Å². The molecule has 0 amide bonds. The molecule has 0 saturated heterocycles. The molecule has 1 nitrogen and oxygen atoms in total. The predicted molar refractivity (Wildman–Crippen MR) is 47.8 cm³/mol. The summed E-state index contributed by atoms with van der Waals surface area (Å²) in [4.78, 5) is 0. The lowest BCUT2D eigenvalue weighted by atomic mass is 10.2. The van der Waals surface area contributed by atoms with Crippen LogP contribution >= 0.6 is 9.03 Å². The van der Waals surface area contributed by atoms with Crippen molar-refractivity contribution < 1.29 is 0 Å². The molecule has 0 atom stereocenters. The average molecular weight is 153 g/mol. The highest BCUT2D eigenvalue weighted by atomic mass is 31.0. The molecular formula is C8H12NP. The van der Waals surface area contributed by atoms with Gasteiger partial charge in [-0.05, 0) is 16.0 Å². The van der Waals surface area contributed by atoms with Gasteiger partial charge in [0.05, 0.1) is 0 Å². The van der Waals surface area contributed by atoms with E-state index in [-0.39, 0.29) is 0 Å². The number of aryl methyl sites for hydroxylation is 1. The van der Waals surface area contributed by atoms with Gasteiger partial charge in [-0.25, -0.2) is 0 Å². The van der Waals surface area contributed by atoms with Crippen LogP contribution in [0.3, 0.4) is 0 Å². The highest BCUT2D eigenvalue weighted by Crippen LogP contribution is 1.92. The molecule has 0 heterocycles. The highest BCUT2D eigenvalue weighted by molar-refractivity contribution is 7.03. The van der Waals surface area contributed by atoms with Crippen LogP contribution in [0.1, 0.15) is 5.56 Å². The van der Waals surface area contributed by atoms with Crippen molar-refractivity contribution >= 4 is 9.03 Å². The standard InChI is InChI=1S/C7H8.CH4NP/c1-7-5-3-2-4-6-7;1-2-3/h2-6H,1H3;3H,1H3. The molecule has 0 aromatic heterocycles. The van der Waals surface area contributed by atoms with Crippen LogP contribution in [0.25, 0.3) is 0 Å². The molecule has 1 aromatic rings. The maximum absolute atomic E-state index is 3.31. The van der Waals surface area contributed by atoms with Gasteiger partial charge >= 0.3 is 0 Å². The Bertz CT molecular complexity index is 172. The van der Waals surface area contributed by atoms with Crippen LogP contribution in [-0.2, 0) is 0 Å². The van der Waals surface area contributed by atoms with Gasteiger partial charge in [0.25, 0.3) is 0 Å². The first-order valence-electron chi connectivity index (χ1n) is 3.08. The van der Waals surface area contributed by atoms with E-state index in [1.54, 1.807) is 7.05 Å². The van der Waals surface area contributed by atoms with Crippen molar-refractivity contribution in [1.29, 1.82) is 0 Å². The Kier molecular flexibility index (Phi) is 6.00. The van der Waals surface area contributed by atoms with E-state index in [1.165, 1.54) is 5.56 Å². The van der Waals surface area contributed by atoms with Crippen molar-refractivity contribution in [3.8, 4) is 0 Å². The minimum atomic E-state index is 1.32. The Morgan fingerprint density at radius 2 is 1.60 bits per heavy atom. The minimum absolute atomic E-state index is 1.32. The molecule has 2 heteroatoms. The van der Waals surface area contributed by atoms with Crippen molar-refractivity contribution in [1.82, 2.24) is 0 Å². The highest BCUT2D eigenvalue weighted by Gasteiger charge is 1.72. The second-order valence-electron chi connectivity index (χ2n) is 1.88. The lowest BCUT2D eigenvalue weighted by Gasteiger charge is -1.82. The number of benzene rings is 1. The fourth-order valence-corrected chi connectivity index (χ4v) is 0.534. The average Bonchev–Trinajstić information content (AvgIpc) is 1.91. The number of hydrogen-bond donors (Lipinski definition) is 0. The van der Waals surface area contributed by atoms with Crippen molar-refractivity contribution in [2.75, 3.05) is 7.05 Å². The third-order valence-corrected chi connectivity index (χ3v) is 0.940. The van der Waals surface area contributed by atoms with Crippen LogP contribution in [0, 0.1) is 6.92 Å². The predicted octanol–water partition coefficient (Wildman–Crippen LogP) is 2.94. The summed E-state index contributed by atoms with van der Waals surface area (Å²) in [6.07, 6.45) is 0. The topological polar surface area (TPSA) is 12.4 Å². The Morgan fingerprint density at radius 1 is 1.20 bits per heavy atom. The largest absolute Gasteiger partial charge is 0.275 e. The molecule has 0 spiro atoms. The van der Waals surface area contributed by atoms with Crippen molar-refractivity contribution in [3.63, 3.8) is 0 Å². The zero-order chi connectivity index (χ0) is 7.82. The Hall–Kier alpha value is -0.680. The van der Waals surface area contributed by atoms with Crippen molar-refractivity contribution in [3.05, 3.63) is 35.9 Å². The lowest BCUT2D eigenvalue weighted by molar-refractivity contribution is 1.48. The molecule has 54 valence electrons. The van der Waals surface area contributed by atoms with E-state index in [2.05, 4.69) is 32.8 Å². The van der Waals surface area contributed by atoms with Gasteiger partial charge in [0.1, 0.15) is 0 Å². The summed E-state index contributed by atoms with van der Waals surface area (Å²) in [7, 11) is 4.47. The van der Waals surface area contributed by atoms with Crippen LogP contribution in [0.4, 0.5) is 0 Å². The van der Waals surface area contributed by atoms with Crippen LogP contribution in [0.15, 0.2) is 35.1 Å². The first kappa shape index (κ1) is 9.32. The summed E-state index contributed by atoms with van der Waals surface area (Å²) in [5.74, 6) is 0. The lowest BCUT2D eigenvalue weighted by Crippen LogP contribution is -1.62. The quantitative estimate of drug-likeness (QED) is 0.508. The van der Waals surface area contributed by atoms with E-state index in [1.807, 2.05) is 18.2 Å². The molecule has 0 bridgehead atoms. The second-order valence-corrected chi connectivity index (χ2v) is 2.33. The summed E-state index contributed by atoms with van der Waals surface area (Å²) in [5.41, 5.74) is 1.32. The summed E-state index contributed by atoms with van der Waals surface area (Å²) >= 11 is 0. The molecule has 0 unspecified atom stereocenters. The third-order valence-electron chi connectivity index (χ3n) is 0.940. The minimum Gasteiger partial charge on any atom is -0.275 e. The van der Waals surface area contributed by atoms with Crippen molar-refractivity contribution in [2.24, 2.45) is 4.74 Å². The smallest absolute Gasteiger partial charge is 0.0317 e. The molecule has 1 rings (SSSR count). The van der Waals surface area contributed by atoms with E-state index in [4.69, 9.17) is 0 Å². The summed E-state index contributed by atoms with van der Waals surface area (Å²) in [5, 5.41) is 0. The normalized spacial score (nSPS) is 7.40. The first-order valence-corrected chi connectivity index (χ1v) is 3.53. The van der Waals surface area contributed by atoms with Crippen molar-refractivity contribution in [2.45, 2.75) is 6.92 Å². The zero-order valence-electron chi connectivity index (χ0n) is 6.33. The van der Waals surface area contributed by atoms with Crippen LogP contribution in [0.2, 0.25) is 0 Å². The van der Waals surface area contributed by atoms with E-state index in [0.29, 0.717) is 0 Å². The van der Waals surface area contributed by atoms with Gasteiger partial charge < -0.3 is 0 Å². The molecule has 0 aliphatic heterocycles. The van der Waals surface area contributed by atoms with E-state index in [0.717, 1.165) is 0 Å². The van der Waals surface area contributed by atoms with E-state index < -0.39 is 0 Å². The van der Waals surface area contributed by atoms with Gasteiger partial charge in [-0.2, -0.15) is 0 Å². The fraction of sp³-hybridized carbons (Fsp3) is 0.250. The zero-order valence-corrected chi connectivity index (χ0v) is 7.33. The van der Waals surface area contributed by atoms with E-state index >= 15 is 0 Å². The van der Waals surface area contributed by atoms with Gasteiger partial charge in [-0.15, -0.1) is 0 Å². The Balaban J connectivity index is 0.000000236. The summed E-state index contributed by atoms with van der Waals surface area (Å²) in [6, 6.07) is 10.3. The third kappa shape index (κ3) is 5.46. The fourth-order valence-electron chi connectivity index (χ4n) is 0.534. The molecule has 10 heavy (non-hydrogen) atoms. The van der Waals surface area contributed by atoms with Crippen LogP contribution in [-0.4, -0.2) is 7.05 Å². The maximum atomic E-state index is 3.31. The molecule has 0 fully saturated rings. The molecule has 0 aliphatic carbocycles. The van der Waals surface area contributed by atoms with Gasteiger partial charge in [0.2, 0.25) is 0 Å².